The Morgan fingerprint density at radius 1 is 0.865 bits per heavy atom. The van der Waals surface area contributed by atoms with Gasteiger partial charge < -0.3 is 15.8 Å². The van der Waals surface area contributed by atoms with Crippen LogP contribution < -0.4 is 21.3 Å². The number of aromatic nitrogens is 5. The van der Waals surface area contributed by atoms with Gasteiger partial charge >= 0.3 is 0 Å². The summed E-state index contributed by atoms with van der Waals surface area (Å²) in [5.41, 5.74) is 10.5. The van der Waals surface area contributed by atoms with Crippen molar-refractivity contribution in [3.8, 4) is 39.3 Å². The zero-order valence-electron chi connectivity index (χ0n) is 19.7. The molecule has 6 rings (SSSR count). The predicted molar refractivity (Wildman–Crippen MR) is 146 cm³/mol. The van der Waals surface area contributed by atoms with Crippen LogP contribution in [0.2, 0.25) is 0 Å². The number of methoxy groups -OCH3 is 1. The number of hydrogen-bond donors (Lipinski definition) is 3. The summed E-state index contributed by atoms with van der Waals surface area (Å²) in [7, 11) is 1.60. The van der Waals surface area contributed by atoms with Gasteiger partial charge in [0.2, 0.25) is 10.3 Å². The molecule has 3 aromatic heterocycles. The second-order valence-corrected chi connectivity index (χ2v) is 9.20. The highest BCUT2D eigenvalue weighted by Crippen LogP contribution is 2.36. The van der Waals surface area contributed by atoms with Crippen LogP contribution in [-0.2, 0) is 0 Å². The first-order chi connectivity index (χ1) is 18.1. The van der Waals surface area contributed by atoms with Gasteiger partial charge in [0.1, 0.15) is 11.6 Å². The van der Waals surface area contributed by atoms with Crippen molar-refractivity contribution in [3.63, 3.8) is 0 Å². The molecule has 0 bridgehead atoms. The topological polar surface area (TPSA) is 123 Å². The largest absolute Gasteiger partial charge is 0.497 e. The fourth-order valence-corrected chi connectivity index (χ4v) is 4.77. The lowest BCUT2D eigenvalue weighted by Crippen LogP contribution is -2.19. The Kier molecular flexibility index (Phi) is 5.62. The summed E-state index contributed by atoms with van der Waals surface area (Å²) in [6.45, 7) is 0. The zero-order chi connectivity index (χ0) is 25.4. The van der Waals surface area contributed by atoms with E-state index in [0.29, 0.717) is 38.6 Å². The molecule has 3 heterocycles. The van der Waals surface area contributed by atoms with Crippen molar-refractivity contribution in [2.45, 2.75) is 0 Å². The molecular weight excluding hydrogens is 486 g/mol. The van der Waals surface area contributed by atoms with Crippen molar-refractivity contribution in [2.24, 2.45) is 0 Å². The summed E-state index contributed by atoms with van der Waals surface area (Å²) in [5, 5.41) is 15.2. The van der Waals surface area contributed by atoms with Gasteiger partial charge in [-0.2, -0.15) is 4.52 Å². The number of ether oxygens (including phenoxy) is 1. The molecule has 0 aliphatic heterocycles. The van der Waals surface area contributed by atoms with Crippen molar-refractivity contribution < 1.29 is 4.74 Å². The molecule has 10 heteroatoms. The average molecular weight is 508 g/mol. The molecule has 0 saturated heterocycles. The molecule has 0 saturated carbocycles. The van der Waals surface area contributed by atoms with Crippen LogP contribution in [0.3, 0.4) is 0 Å². The van der Waals surface area contributed by atoms with E-state index in [0.717, 1.165) is 22.4 Å². The number of benzene rings is 3. The normalized spacial score (nSPS) is 11.1. The molecular formula is C27H21N7O2S. The fraction of sp³-hybridized carbons (Fsp3) is 0.0370. The number of nitrogens with one attached hydrogen (secondary N) is 2. The van der Waals surface area contributed by atoms with Crippen LogP contribution in [0.1, 0.15) is 0 Å². The van der Waals surface area contributed by atoms with E-state index in [2.05, 4.69) is 20.6 Å². The molecule has 0 amide bonds. The van der Waals surface area contributed by atoms with Crippen LogP contribution in [-0.4, -0.2) is 31.9 Å². The highest BCUT2D eigenvalue weighted by Gasteiger charge is 2.23. The predicted octanol–water partition coefficient (Wildman–Crippen LogP) is 5.21. The third-order valence-corrected chi connectivity index (χ3v) is 6.62. The molecule has 0 aliphatic carbocycles. The van der Waals surface area contributed by atoms with Crippen LogP contribution in [0, 0.1) is 0 Å². The summed E-state index contributed by atoms with van der Waals surface area (Å²) < 4.78 is 6.79. The van der Waals surface area contributed by atoms with Crippen LogP contribution in [0.15, 0.2) is 89.7 Å². The zero-order valence-corrected chi connectivity index (χ0v) is 20.5. The fourth-order valence-electron chi connectivity index (χ4n) is 4.26. The SMILES string of the molecule is COc1ccc(-c2c(Nc3nnc(N)s3)nc3c(-c4ccccc4)c(-c4ccccc4)[nH]n3c2=O)cc1. The monoisotopic (exact) mass is 507 g/mol. The maximum Gasteiger partial charge on any atom is 0.282 e. The number of anilines is 3. The smallest absolute Gasteiger partial charge is 0.282 e. The van der Waals surface area contributed by atoms with Crippen molar-refractivity contribution >= 4 is 33.1 Å². The van der Waals surface area contributed by atoms with E-state index >= 15 is 0 Å². The van der Waals surface area contributed by atoms with E-state index in [-0.39, 0.29) is 5.56 Å². The number of fused-ring (bicyclic) bond motifs is 1. The minimum Gasteiger partial charge on any atom is -0.497 e. The van der Waals surface area contributed by atoms with E-state index < -0.39 is 0 Å². The van der Waals surface area contributed by atoms with Gasteiger partial charge in [0.15, 0.2) is 5.65 Å². The van der Waals surface area contributed by atoms with E-state index in [1.807, 2.05) is 72.8 Å². The summed E-state index contributed by atoms with van der Waals surface area (Å²) in [5.74, 6) is 1.03. The molecule has 0 spiro atoms. The number of hydrogen-bond acceptors (Lipinski definition) is 8. The van der Waals surface area contributed by atoms with Gasteiger partial charge in [0.25, 0.3) is 5.56 Å². The molecule has 4 N–H and O–H groups in total. The molecule has 182 valence electrons. The highest BCUT2D eigenvalue weighted by atomic mass is 32.1. The second-order valence-electron chi connectivity index (χ2n) is 8.19. The van der Waals surface area contributed by atoms with Gasteiger partial charge in [-0.1, -0.05) is 84.1 Å². The van der Waals surface area contributed by atoms with Gasteiger partial charge in [-0.15, -0.1) is 10.2 Å². The molecule has 0 atom stereocenters. The first-order valence-electron chi connectivity index (χ1n) is 11.4. The molecule has 37 heavy (non-hydrogen) atoms. The van der Waals surface area contributed by atoms with Gasteiger partial charge in [-0.25, -0.2) is 4.98 Å². The Bertz CT molecular complexity index is 1760. The molecule has 6 aromatic rings. The number of aromatic amines is 1. The van der Waals surface area contributed by atoms with Crippen molar-refractivity contribution in [1.82, 2.24) is 24.8 Å². The lowest BCUT2D eigenvalue weighted by Gasteiger charge is -2.11. The van der Waals surface area contributed by atoms with Crippen molar-refractivity contribution in [3.05, 3.63) is 95.3 Å². The lowest BCUT2D eigenvalue weighted by molar-refractivity contribution is 0.415. The standard InChI is InChI=1S/C27H21N7O2S/c1-36-19-14-12-17(13-15-19)21-23(30-27-32-31-26(28)37-27)29-24-20(16-8-4-2-5-9-16)22(33-34(24)25(21)35)18-10-6-3-7-11-18/h2-15,33H,1H3,(H2,28,31)(H,30,32). The number of nitrogen functional groups attached to an aromatic ring is 1. The Labute approximate surface area is 215 Å². The van der Waals surface area contributed by atoms with Crippen molar-refractivity contribution in [1.29, 1.82) is 0 Å². The molecule has 0 fully saturated rings. The van der Waals surface area contributed by atoms with Gasteiger partial charge in [0.05, 0.1) is 23.9 Å². The Hall–Kier alpha value is -4.96. The van der Waals surface area contributed by atoms with E-state index in [1.54, 1.807) is 19.2 Å². The van der Waals surface area contributed by atoms with Crippen LogP contribution >= 0.6 is 11.3 Å². The molecule has 9 nitrogen and oxygen atoms in total. The lowest BCUT2D eigenvalue weighted by atomic mass is 10.0. The summed E-state index contributed by atoms with van der Waals surface area (Å²) in [6, 6.07) is 27.0. The quantitative estimate of drug-likeness (QED) is 0.283. The third-order valence-electron chi connectivity index (χ3n) is 5.95. The number of nitrogens with two attached hydrogens (primary N) is 1. The van der Waals surface area contributed by atoms with Gasteiger partial charge in [-0.3, -0.25) is 9.89 Å². The average Bonchev–Trinajstić information content (AvgIpc) is 3.53. The number of H-pyrrole nitrogens is 1. The molecule has 0 radical (unpaired) electrons. The number of nitrogens with zero attached hydrogens (tertiary/aromatic N) is 4. The van der Waals surface area contributed by atoms with Crippen LogP contribution in [0.5, 0.6) is 5.75 Å². The summed E-state index contributed by atoms with van der Waals surface area (Å²) >= 11 is 1.17. The van der Waals surface area contributed by atoms with Crippen LogP contribution in [0.25, 0.3) is 39.2 Å². The van der Waals surface area contributed by atoms with E-state index in [9.17, 15) is 4.79 Å². The number of rotatable bonds is 6. The molecule has 3 aromatic carbocycles. The molecule has 0 unspecified atom stereocenters. The minimum absolute atomic E-state index is 0.269. The third kappa shape index (κ3) is 4.09. The minimum atomic E-state index is -0.269. The van der Waals surface area contributed by atoms with Gasteiger partial charge in [-0.05, 0) is 23.3 Å². The second kappa shape index (κ2) is 9.25. The van der Waals surface area contributed by atoms with E-state index in [1.165, 1.54) is 15.9 Å². The highest BCUT2D eigenvalue weighted by molar-refractivity contribution is 7.18. The Balaban J connectivity index is 1.67. The Morgan fingerprint density at radius 3 is 2.14 bits per heavy atom. The maximum absolute atomic E-state index is 14.1. The first kappa shape index (κ1) is 22.5. The summed E-state index contributed by atoms with van der Waals surface area (Å²) in [4.78, 5) is 19.1. The molecule has 0 aliphatic rings. The first-order valence-corrected chi connectivity index (χ1v) is 12.2. The van der Waals surface area contributed by atoms with Crippen LogP contribution in [0.4, 0.5) is 16.1 Å². The van der Waals surface area contributed by atoms with Gasteiger partial charge in [0, 0.05) is 5.56 Å². The maximum atomic E-state index is 14.1. The Morgan fingerprint density at radius 2 is 1.51 bits per heavy atom. The van der Waals surface area contributed by atoms with Crippen molar-refractivity contribution in [2.75, 3.05) is 18.2 Å². The summed E-state index contributed by atoms with van der Waals surface area (Å²) in [6.07, 6.45) is 0. The van der Waals surface area contributed by atoms with E-state index in [4.69, 9.17) is 15.5 Å².